The van der Waals surface area contributed by atoms with Crippen molar-refractivity contribution in [3.8, 4) is 5.75 Å². The summed E-state index contributed by atoms with van der Waals surface area (Å²) in [5, 5.41) is 0.117. The molecule has 1 rings (SSSR count). The number of methoxy groups -OCH3 is 1. The van der Waals surface area contributed by atoms with E-state index in [4.69, 9.17) is 16.3 Å². The van der Waals surface area contributed by atoms with Crippen molar-refractivity contribution in [1.29, 1.82) is 0 Å². The van der Waals surface area contributed by atoms with Gasteiger partial charge in [0, 0.05) is 0 Å². The van der Waals surface area contributed by atoms with Crippen molar-refractivity contribution in [2.24, 2.45) is 0 Å². The van der Waals surface area contributed by atoms with Crippen LogP contribution in [0.4, 0.5) is 0 Å². The zero-order valence-corrected chi connectivity index (χ0v) is 10.3. The van der Waals surface area contributed by atoms with Gasteiger partial charge in [0.25, 0.3) is 0 Å². The van der Waals surface area contributed by atoms with Crippen molar-refractivity contribution < 1.29 is 4.74 Å². The zero-order chi connectivity index (χ0) is 11.1. The molecule has 1 aromatic carbocycles. The smallest absolute Gasteiger partial charge is 0.119 e. The second-order valence-corrected chi connectivity index (χ2v) is 4.27. The molecule has 1 unspecified atom stereocenters. The van der Waals surface area contributed by atoms with Crippen molar-refractivity contribution in [2.75, 3.05) is 7.11 Å². The Hall–Kier alpha value is -0.690. The van der Waals surface area contributed by atoms with Crippen molar-refractivity contribution >= 4 is 11.6 Å². The normalized spacial score (nSPS) is 12.5. The van der Waals surface area contributed by atoms with Crippen LogP contribution in [0.2, 0.25) is 0 Å². The number of hydrogen-bond acceptors (Lipinski definition) is 1. The van der Waals surface area contributed by atoms with E-state index in [0.29, 0.717) is 0 Å². The van der Waals surface area contributed by atoms with Crippen LogP contribution < -0.4 is 4.74 Å². The Bertz CT molecular complexity index is 286. The molecule has 0 fully saturated rings. The lowest BCUT2D eigenvalue weighted by Gasteiger charge is -2.10. The molecule has 0 spiro atoms. The van der Waals surface area contributed by atoms with Crippen LogP contribution in [0.5, 0.6) is 5.75 Å². The minimum absolute atomic E-state index is 0.117. The Balaban J connectivity index is 2.52. The van der Waals surface area contributed by atoms with Crippen molar-refractivity contribution in [1.82, 2.24) is 0 Å². The van der Waals surface area contributed by atoms with E-state index >= 15 is 0 Å². The van der Waals surface area contributed by atoms with E-state index in [0.717, 1.165) is 17.7 Å². The summed E-state index contributed by atoms with van der Waals surface area (Å²) in [5.74, 6) is 0.883. The fourth-order valence-electron chi connectivity index (χ4n) is 1.58. The third kappa shape index (κ3) is 4.13. The molecule has 0 saturated carbocycles. The lowest BCUT2D eigenvalue weighted by molar-refractivity contribution is 0.414. The molecular weight excluding hydrogens is 208 g/mol. The SMILES string of the molecule is CCCCCC(Cl)c1cccc(OC)c1. The number of alkyl halides is 1. The molecule has 0 bridgehead atoms. The topological polar surface area (TPSA) is 9.23 Å². The molecule has 15 heavy (non-hydrogen) atoms. The maximum Gasteiger partial charge on any atom is 0.119 e. The van der Waals surface area contributed by atoms with E-state index in [1.807, 2.05) is 18.2 Å². The Kier molecular flexibility index (Phi) is 5.56. The van der Waals surface area contributed by atoms with Gasteiger partial charge in [0.15, 0.2) is 0 Å². The molecule has 0 heterocycles. The Morgan fingerprint density at radius 2 is 2.13 bits per heavy atom. The highest BCUT2D eigenvalue weighted by molar-refractivity contribution is 6.20. The molecule has 0 amide bonds. The highest BCUT2D eigenvalue weighted by Crippen LogP contribution is 2.28. The van der Waals surface area contributed by atoms with E-state index < -0.39 is 0 Å². The van der Waals surface area contributed by atoms with Crippen LogP contribution in [-0.4, -0.2) is 7.11 Å². The summed E-state index contributed by atoms with van der Waals surface area (Å²) in [5.41, 5.74) is 1.16. The molecule has 0 radical (unpaired) electrons. The van der Waals surface area contributed by atoms with E-state index in [9.17, 15) is 0 Å². The van der Waals surface area contributed by atoms with Crippen molar-refractivity contribution in [3.63, 3.8) is 0 Å². The number of unbranched alkanes of at least 4 members (excludes halogenated alkanes) is 2. The number of hydrogen-bond donors (Lipinski definition) is 0. The molecule has 0 aliphatic carbocycles. The van der Waals surface area contributed by atoms with E-state index in [1.165, 1.54) is 19.3 Å². The number of ether oxygens (including phenoxy) is 1. The standard InChI is InChI=1S/C13H19ClO/c1-3-4-5-9-13(14)11-7-6-8-12(10-11)15-2/h6-8,10,13H,3-5,9H2,1-2H3. The van der Waals surface area contributed by atoms with Crippen molar-refractivity contribution in [3.05, 3.63) is 29.8 Å². The summed E-state index contributed by atoms with van der Waals surface area (Å²) >= 11 is 6.32. The van der Waals surface area contributed by atoms with Gasteiger partial charge in [-0.1, -0.05) is 38.3 Å². The number of rotatable bonds is 6. The maximum atomic E-state index is 6.32. The van der Waals surface area contributed by atoms with Crippen LogP contribution in [0, 0.1) is 0 Å². The van der Waals surface area contributed by atoms with Crippen LogP contribution in [0.3, 0.4) is 0 Å². The Morgan fingerprint density at radius 1 is 1.33 bits per heavy atom. The van der Waals surface area contributed by atoms with Gasteiger partial charge in [0.2, 0.25) is 0 Å². The van der Waals surface area contributed by atoms with Gasteiger partial charge in [0.1, 0.15) is 5.75 Å². The van der Waals surface area contributed by atoms with Gasteiger partial charge in [-0.25, -0.2) is 0 Å². The van der Waals surface area contributed by atoms with E-state index in [-0.39, 0.29) is 5.38 Å². The summed E-state index contributed by atoms with van der Waals surface area (Å²) in [6.45, 7) is 2.20. The lowest BCUT2D eigenvalue weighted by atomic mass is 10.1. The highest BCUT2D eigenvalue weighted by Gasteiger charge is 2.07. The molecule has 0 saturated heterocycles. The summed E-state index contributed by atoms with van der Waals surface area (Å²) in [6.07, 6.45) is 4.74. The molecule has 0 aliphatic heterocycles. The highest BCUT2D eigenvalue weighted by atomic mass is 35.5. The third-order valence-corrected chi connectivity index (χ3v) is 2.99. The van der Waals surface area contributed by atoms with Gasteiger partial charge in [0.05, 0.1) is 12.5 Å². The Morgan fingerprint density at radius 3 is 2.80 bits per heavy atom. The van der Waals surface area contributed by atoms with Gasteiger partial charge >= 0.3 is 0 Å². The van der Waals surface area contributed by atoms with Crippen molar-refractivity contribution in [2.45, 2.75) is 38.0 Å². The van der Waals surface area contributed by atoms with Crippen LogP contribution in [0.15, 0.2) is 24.3 Å². The lowest BCUT2D eigenvalue weighted by Crippen LogP contribution is -1.92. The van der Waals surface area contributed by atoms with E-state index in [1.54, 1.807) is 7.11 Å². The first-order valence-corrected chi connectivity index (χ1v) is 5.99. The summed E-state index contributed by atoms with van der Waals surface area (Å²) < 4.78 is 5.17. The van der Waals surface area contributed by atoms with Crippen LogP contribution in [-0.2, 0) is 0 Å². The zero-order valence-electron chi connectivity index (χ0n) is 9.50. The first-order valence-electron chi connectivity index (χ1n) is 5.56. The molecule has 1 nitrogen and oxygen atoms in total. The first kappa shape index (κ1) is 12.4. The average molecular weight is 227 g/mol. The molecule has 2 heteroatoms. The molecule has 84 valence electrons. The summed E-state index contributed by atoms with van der Waals surface area (Å²) in [6, 6.07) is 8.01. The fourth-order valence-corrected chi connectivity index (χ4v) is 1.87. The molecule has 1 aromatic rings. The number of halogens is 1. The van der Waals surface area contributed by atoms with Gasteiger partial charge in [-0.2, -0.15) is 0 Å². The van der Waals surface area contributed by atoms with Gasteiger partial charge in [-0.05, 0) is 24.1 Å². The second-order valence-electron chi connectivity index (χ2n) is 3.74. The average Bonchev–Trinajstić information content (AvgIpc) is 2.29. The molecule has 0 N–H and O–H groups in total. The second kappa shape index (κ2) is 6.73. The first-order chi connectivity index (χ1) is 7.27. The quantitative estimate of drug-likeness (QED) is 0.511. The van der Waals surface area contributed by atoms with Gasteiger partial charge in [-0.15, -0.1) is 11.6 Å². The third-order valence-electron chi connectivity index (χ3n) is 2.52. The van der Waals surface area contributed by atoms with Crippen LogP contribution in [0.25, 0.3) is 0 Å². The van der Waals surface area contributed by atoms with Crippen LogP contribution in [0.1, 0.15) is 43.5 Å². The monoisotopic (exact) mass is 226 g/mol. The molecular formula is C13H19ClO. The number of benzene rings is 1. The predicted molar refractivity (Wildman–Crippen MR) is 65.7 cm³/mol. The fraction of sp³-hybridized carbons (Fsp3) is 0.538. The largest absolute Gasteiger partial charge is 0.497 e. The summed E-state index contributed by atoms with van der Waals surface area (Å²) in [4.78, 5) is 0. The van der Waals surface area contributed by atoms with E-state index in [2.05, 4.69) is 13.0 Å². The minimum Gasteiger partial charge on any atom is -0.497 e. The molecule has 0 aromatic heterocycles. The predicted octanol–water partition coefficient (Wildman–Crippen LogP) is 4.56. The maximum absolute atomic E-state index is 6.32. The van der Waals surface area contributed by atoms with Gasteiger partial charge < -0.3 is 4.74 Å². The molecule has 0 aliphatic rings. The Labute approximate surface area is 97.4 Å². The summed E-state index contributed by atoms with van der Waals surface area (Å²) in [7, 11) is 1.68. The van der Waals surface area contributed by atoms with Gasteiger partial charge in [-0.3, -0.25) is 0 Å². The minimum atomic E-state index is 0.117. The van der Waals surface area contributed by atoms with Crippen LogP contribution >= 0.6 is 11.6 Å². The molecule has 1 atom stereocenters.